The van der Waals surface area contributed by atoms with E-state index in [1.54, 1.807) is 24.5 Å². The van der Waals surface area contributed by atoms with Gasteiger partial charge in [0.2, 0.25) is 0 Å². The Morgan fingerprint density at radius 1 is 0.453 bits per heavy atom. The van der Waals surface area contributed by atoms with Crippen LogP contribution in [-0.2, 0) is 30.9 Å². The molecule has 3 aromatic heterocycles. The van der Waals surface area contributed by atoms with Gasteiger partial charge in [-0.25, -0.2) is 19.6 Å². The molecule has 0 saturated carbocycles. The fourth-order valence-corrected chi connectivity index (χ4v) is 9.25. The van der Waals surface area contributed by atoms with Crippen LogP contribution in [0.4, 0.5) is 0 Å². The summed E-state index contributed by atoms with van der Waals surface area (Å²) >= 11 is 0. The molecule has 64 heavy (non-hydrogen) atoms. The molecular formula is C56H46IrN3O4-. The van der Waals surface area contributed by atoms with E-state index in [4.69, 9.17) is 4.98 Å². The van der Waals surface area contributed by atoms with Crippen molar-refractivity contribution in [3.8, 4) is 78.0 Å². The number of fused-ring (bicyclic) bond motifs is 1. The Balaban J connectivity index is 0.00000560. The van der Waals surface area contributed by atoms with Crippen LogP contribution in [0.5, 0.6) is 0 Å². The maximum atomic E-state index is 11.7. The van der Waals surface area contributed by atoms with E-state index in [9.17, 15) is 19.8 Å². The average molecular weight is 1020 g/mol. The van der Waals surface area contributed by atoms with Crippen molar-refractivity contribution in [3.63, 3.8) is 0 Å². The predicted molar refractivity (Wildman–Crippen MR) is 250 cm³/mol. The summed E-state index contributed by atoms with van der Waals surface area (Å²) in [7, 11) is 0. The molecule has 0 atom stereocenters. The van der Waals surface area contributed by atoms with E-state index in [1.165, 1.54) is 23.3 Å². The number of carboxylic acids is 2. The Kier molecular flexibility index (Phi) is 11.4. The van der Waals surface area contributed by atoms with Crippen LogP contribution in [0, 0.1) is 11.5 Å². The molecule has 0 bridgehead atoms. The van der Waals surface area contributed by atoms with Gasteiger partial charge in [-0.05, 0) is 108 Å². The van der Waals surface area contributed by atoms with Crippen molar-refractivity contribution in [1.29, 1.82) is 0 Å². The van der Waals surface area contributed by atoms with Gasteiger partial charge < -0.3 is 15.2 Å². The summed E-state index contributed by atoms with van der Waals surface area (Å²) in [6.45, 7) is 14.1. The van der Waals surface area contributed by atoms with E-state index in [1.807, 2.05) is 54.7 Å². The minimum atomic E-state index is -1.08. The van der Waals surface area contributed by atoms with Gasteiger partial charge in [-0.3, -0.25) is 0 Å². The molecular weight excluding hydrogens is 971 g/mol. The van der Waals surface area contributed by atoms with Gasteiger partial charge in [0.15, 0.2) is 0 Å². The molecule has 0 unspecified atom stereocenters. The second-order valence-corrected chi connectivity index (χ2v) is 17.9. The van der Waals surface area contributed by atoms with Crippen molar-refractivity contribution >= 4 is 11.9 Å². The molecule has 0 saturated heterocycles. The van der Waals surface area contributed by atoms with Gasteiger partial charge in [0.05, 0.1) is 0 Å². The van der Waals surface area contributed by atoms with Crippen molar-refractivity contribution in [1.82, 2.24) is 15.0 Å². The number of hydrogen-bond acceptors (Lipinski definition) is 5. The zero-order valence-electron chi connectivity index (χ0n) is 36.4. The summed E-state index contributed by atoms with van der Waals surface area (Å²) in [6.07, 6.45) is 5.15. The molecule has 1 radical (unpaired) electrons. The topological polar surface area (TPSA) is 113 Å². The average Bonchev–Trinajstić information content (AvgIpc) is 3.41. The Morgan fingerprint density at radius 3 is 1.16 bits per heavy atom. The zero-order valence-corrected chi connectivity index (χ0v) is 38.8. The third kappa shape index (κ3) is 7.47. The minimum absolute atomic E-state index is 0. The largest absolute Gasteiger partial charge is 0.477 e. The van der Waals surface area contributed by atoms with Crippen molar-refractivity contribution in [3.05, 3.63) is 187 Å². The number of carboxylic acid groups (broad SMARTS) is 2. The van der Waals surface area contributed by atoms with Crippen LogP contribution < -0.4 is 0 Å². The van der Waals surface area contributed by atoms with E-state index >= 15 is 0 Å². The van der Waals surface area contributed by atoms with Gasteiger partial charge in [0, 0.05) is 49.8 Å². The molecule has 5 aromatic carbocycles. The first-order valence-corrected chi connectivity index (χ1v) is 21.0. The molecule has 2 N–H and O–H groups in total. The molecule has 7 nitrogen and oxygen atoms in total. The number of benzene rings is 5. The van der Waals surface area contributed by atoms with Crippen molar-refractivity contribution < 1.29 is 39.9 Å². The normalized spacial score (nSPS) is 14.3. The number of rotatable bonds is 9. The van der Waals surface area contributed by atoms with E-state index in [0.717, 1.165) is 78.0 Å². The van der Waals surface area contributed by atoms with E-state index in [-0.39, 0.29) is 47.7 Å². The molecule has 8 heteroatoms. The smallest absolute Gasteiger partial charge is 0.354 e. The molecule has 0 fully saturated rings. The van der Waals surface area contributed by atoms with Gasteiger partial charge in [0.1, 0.15) is 11.4 Å². The molecule has 319 valence electrons. The fraction of sp³-hybridized carbons (Fsp3) is 0.161. The van der Waals surface area contributed by atoms with Crippen molar-refractivity contribution in [2.75, 3.05) is 0 Å². The monoisotopic (exact) mass is 1020 g/mol. The summed E-state index contributed by atoms with van der Waals surface area (Å²) in [5, 5.41) is 19.1. The van der Waals surface area contributed by atoms with Crippen LogP contribution >= 0.6 is 0 Å². The van der Waals surface area contributed by atoms with Gasteiger partial charge in [0.25, 0.3) is 0 Å². The number of aromatic nitrogens is 3. The molecule has 1 aliphatic rings. The fourth-order valence-electron chi connectivity index (χ4n) is 9.25. The molecule has 8 aromatic rings. The van der Waals surface area contributed by atoms with Crippen LogP contribution in [0.2, 0.25) is 0 Å². The van der Waals surface area contributed by atoms with Gasteiger partial charge in [-0.2, -0.15) is 0 Å². The standard InChI is InChI=1S/C56H46N3O4.Ir/c1-54(2)47-23-19-34(30-48(47)55(3,4)56(54,5)6)49-24-20-35(31-57-49)41-13-7-10-16-44(41)38-27-39(45-17-11-8-14-42(45)36-21-25-50(52(60)61)58-32-36)29-40(28-38)46-18-12-9-15-43(46)37-22-26-51(53(62)63)59-33-37;/h7-18,20-33H,1-6H3,(H,60,61)(H,62,63);/q-1;. The summed E-state index contributed by atoms with van der Waals surface area (Å²) in [4.78, 5) is 36.9. The van der Waals surface area contributed by atoms with E-state index in [0.29, 0.717) is 0 Å². The second-order valence-electron chi connectivity index (χ2n) is 17.9. The molecule has 0 spiro atoms. The van der Waals surface area contributed by atoms with Crippen LogP contribution in [0.25, 0.3) is 78.0 Å². The van der Waals surface area contributed by atoms with Gasteiger partial charge >= 0.3 is 11.9 Å². The molecule has 0 aliphatic heterocycles. The summed E-state index contributed by atoms with van der Waals surface area (Å²) in [5.74, 6) is -2.16. The van der Waals surface area contributed by atoms with Crippen LogP contribution in [0.3, 0.4) is 0 Å². The van der Waals surface area contributed by atoms with Crippen LogP contribution in [-0.4, -0.2) is 37.1 Å². The molecule has 3 heterocycles. The van der Waals surface area contributed by atoms with E-state index < -0.39 is 11.9 Å². The molecule has 0 amide bonds. The van der Waals surface area contributed by atoms with E-state index in [2.05, 4.69) is 124 Å². The Hall–Kier alpha value is -6.86. The second kappa shape index (κ2) is 16.7. The summed E-state index contributed by atoms with van der Waals surface area (Å²) in [6, 6.07) is 49.9. The third-order valence-electron chi connectivity index (χ3n) is 14.0. The maximum Gasteiger partial charge on any atom is 0.354 e. The Bertz CT molecular complexity index is 2960. The summed E-state index contributed by atoms with van der Waals surface area (Å²) in [5.41, 5.74) is 15.6. The zero-order chi connectivity index (χ0) is 44.3. The Labute approximate surface area is 387 Å². The Morgan fingerprint density at radius 2 is 0.812 bits per heavy atom. The number of hydrogen-bond donors (Lipinski definition) is 2. The first-order chi connectivity index (χ1) is 30.2. The molecule has 9 rings (SSSR count). The predicted octanol–water partition coefficient (Wildman–Crippen LogP) is 13.3. The van der Waals surface area contributed by atoms with Crippen LogP contribution in [0.1, 0.15) is 73.6 Å². The maximum absolute atomic E-state index is 11.7. The van der Waals surface area contributed by atoms with Crippen molar-refractivity contribution in [2.45, 2.75) is 52.4 Å². The van der Waals surface area contributed by atoms with Crippen LogP contribution in [0.15, 0.2) is 158 Å². The van der Waals surface area contributed by atoms with Gasteiger partial charge in [-0.1, -0.05) is 139 Å². The van der Waals surface area contributed by atoms with Gasteiger partial charge in [-0.15, -0.1) is 34.9 Å². The minimum Gasteiger partial charge on any atom is -0.477 e. The quantitative estimate of drug-likeness (QED) is 0.138. The first-order valence-electron chi connectivity index (χ1n) is 21.0. The number of carbonyl (C=O) groups is 2. The third-order valence-corrected chi connectivity index (χ3v) is 14.0. The number of aromatic carboxylic acids is 2. The first kappa shape index (κ1) is 43.8. The SMILES string of the molecule is CC1(C)c2c[c-]c(-c3ccc(-c4ccccc4-c4cc(-c5ccccc5-c5ccc(C(=O)O)nc5)cc(-c5ccccc5-c5ccc(C(=O)O)nc5)c4)cn3)cc2C(C)(C)C1(C)C.[Ir]. The number of pyridine rings is 3. The summed E-state index contributed by atoms with van der Waals surface area (Å²) < 4.78 is 0. The molecule has 1 aliphatic carbocycles. The number of nitrogens with zero attached hydrogens (tertiary/aromatic N) is 3. The van der Waals surface area contributed by atoms with Crippen molar-refractivity contribution in [2.24, 2.45) is 5.41 Å².